The molecule has 1 aliphatic rings. The lowest BCUT2D eigenvalue weighted by Crippen LogP contribution is -2.22. The van der Waals surface area contributed by atoms with E-state index in [-0.39, 0.29) is 6.04 Å². The standard InChI is InChI=1S/C12H17NO2/c1-9-6-8-15-12(9)11(13-2)10-5-3-4-7-14-10/h5-6,8,11,13H,3-4,7H2,1-2H3. The lowest BCUT2D eigenvalue weighted by atomic mass is 10.1. The summed E-state index contributed by atoms with van der Waals surface area (Å²) >= 11 is 0. The van der Waals surface area contributed by atoms with Gasteiger partial charge in [-0.25, -0.2) is 0 Å². The van der Waals surface area contributed by atoms with Crippen molar-refractivity contribution < 1.29 is 9.15 Å². The van der Waals surface area contributed by atoms with Gasteiger partial charge in [0.25, 0.3) is 0 Å². The van der Waals surface area contributed by atoms with Crippen molar-refractivity contribution >= 4 is 0 Å². The number of furan rings is 1. The van der Waals surface area contributed by atoms with E-state index in [2.05, 4.69) is 11.4 Å². The van der Waals surface area contributed by atoms with Crippen molar-refractivity contribution in [2.24, 2.45) is 0 Å². The third kappa shape index (κ3) is 2.07. The average Bonchev–Trinajstić information content (AvgIpc) is 2.68. The number of hydrogen-bond donors (Lipinski definition) is 1. The van der Waals surface area contributed by atoms with Gasteiger partial charge in [-0.2, -0.15) is 0 Å². The van der Waals surface area contributed by atoms with Gasteiger partial charge >= 0.3 is 0 Å². The summed E-state index contributed by atoms with van der Waals surface area (Å²) in [7, 11) is 1.92. The highest BCUT2D eigenvalue weighted by atomic mass is 16.5. The Hall–Kier alpha value is -1.22. The molecule has 1 unspecified atom stereocenters. The van der Waals surface area contributed by atoms with E-state index in [0.717, 1.165) is 36.5 Å². The molecule has 0 radical (unpaired) electrons. The number of ether oxygens (including phenoxy) is 1. The first-order chi connectivity index (χ1) is 7.33. The quantitative estimate of drug-likeness (QED) is 0.827. The monoisotopic (exact) mass is 207 g/mol. The van der Waals surface area contributed by atoms with E-state index in [1.807, 2.05) is 20.0 Å². The molecule has 2 rings (SSSR count). The smallest absolute Gasteiger partial charge is 0.131 e. The van der Waals surface area contributed by atoms with Gasteiger partial charge in [0.1, 0.15) is 17.6 Å². The van der Waals surface area contributed by atoms with Crippen LogP contribution in [-0.2, 0) is 4.74 Å². The maximum atomic E-state index is 5.65. The van der Waals surface area contributed by atoms with E-state index in [9.17, 15) is 0 Å². The zero-order valence-electron chi connectivity index (χ0n) is 9.25. The van der Waals surface area contributed by atoms with Gasteiger partial charge in [-0.15, -0.1) is 0 Å². The zero-order valence-corrected chi connectivity index (χ0v) is 9.25. The molecule has 15 heavy (non-hydrogen) atoms. The van der Waals surface area contributed by atoms with E-state index >= 15 is 0 Å². The first kappa shape index (κ1) is 10.3. The predicted octanol–water partition coefficient (Wildman–Crippen LogP) is 2.54. The molecular formula is C12H17NO2. The number of likely N-dealkylation sites (N-methyl/N-ethyl adjacent to an activating group) is 1. The van der Waals surface area contributed by atoms with Crippen LogP contribution < -0.4 is 5.32 Å². The van der Waals surface area contributed by atoms with E-state index in [0.29, 0.717) is 0 Å². The summed E-state index contributed by atoms with van der Waals surface area (Å²) in [6.07, 6.45) is 6.06. The van der Waals surface area contributed by atoms with Gasteiger partial charge in [-0.05, 0) is 44.5 Å². The maximum absolute atomic E-state index is 5.65. The van der Waals surface area contributed by atoms with E-state index in [4.69, 9.17) is 9.15 Å². The third-order valence-electron chi connectivity index (χ3n) is 2.70. The largest absolute Gasteiger partial charge is 0.496 e. The van der Waals surface area contributed by atoms with Gasteiger partial charge in [0, 0.05) is 0 Å². The summed E-state index contributed by atoms with van der Waals surface area (Å²) in [5, 5.41) is 3.23. The summed E-state index contributed by atoms with van der Waals surface area (Å²) in [4.78, 5) is 0. The topological polar surface area (TPSA) is 34.4 Å². The molecule has 3 heteroatoms. The molecule has 3 nitrogen and oxygen atoms in total. The summed E-state index contributed by atoms with van der Waals surface area (Å²) < 4.78 is 11.1. The average molecular weight is 207 g/mol. The normalized spacial score (nSPS) is 18.1. The third-order valence-corrected chi connectivity index (χ3v) is 2.70. The van der Waals surface area contributed by atoms with Crippen molar-refractivity contribution in [3.05, 3.63) is 35.5 Å². The van der Waals surface area contributed by atoms with Gasteiger partial charge < -0.3 is 14.5 Å². The summed E-state index contributed by atoms with van der Waals surface area (Å²) in [5.74, 6) is 1.94. The van der Waals surface area contributed by atoms with Crippen LogP contribution in [-0.4, -0.2) is 13.7 Å². The van der Waals surface area contributed by atoms with Gasteiger partial charge in [-0.1, -0.05) is 0 Å². The van der Waals surface area contributed by atoms with Crippen molar-refractivity contribution in [2.45, 2.75) is 25.8 Å². The summed E-state index contributed by atoms with van der Waals surface area (Å²) in [6.45, 7) is 2.86. The molecule has 0 aromatic carbocycles. The van der Waals surface area contributed by atoms with Crippen molar-refractivity contribution in [1.29, 1.82) is 0 Å². The van der Waals surface area contributed by atoms with E-state index in [1.165, 1.54) is 0 Å². The molecule has 0 fully saturated rings. The van der Waals surface area contributed by atoms with Crippen LogP contribution in [0.2, 0.25) is 0 Å². The van der Waals surface area contributed by atoms with Crippen LogP contribution in [0.1, 0.15) is 30.2 Å². The van der Waals surface area contributed by atoms with Crippen LogP contribution in [0, 0.1) is 6.92 Å². The van der Waals surface area contributed by atoms with E-state index < -0.39 is 0 Å². The number of hydrogen-bond acceptors (Lipinski definition) is 3. The number of allylic oxidation sites excluding steroid dienone is 1. The Morgan fingerprint density at radius 1 is 1.47 bits per heavy atom. The zero-order chi connectivity index (χ0) is 10.7. The van der Waals surface area contributed by atoms with Crippen LogP contribution in [0.15, 0.2) is 28.6 Å². The Balaban J connectivity index is 2.24. The first-order valence-electron chi connectivity index (χ1n) is 5.37. The lowest BCUT2D eigenvalue weighted by Gasteiger charge is -2.22. The van der Waals surface area contributed by atoms with Crippen molar-refractivity contribution in [3.8, 4) is 0 Å². The number of nitrogens with one attached hydrogen (secondary N) is 1. The molecule has 1 atom stereocenters. The van der Waals surface area contributed by atoms with Crippen molar-refractivity contribution in [1.82, 2.24) is 5.32 Å². The number of rotatable bonds is 3. The molecule has 0 aliphatic carbocycles. The second kappa shape index (κ2) is 4.53. The molecule has 82 valence electrons. The van der Waals surface area contributed by atoms with Crippen LogP contribution in [0.3, 0.4) is 0 Å². The Kier molecular flexibility index (Phi) is 3.11. The second-order valence-electron chi connectivity index (χ2n) is 3.79. The molecule has 0 saturated heterocycles. The van der Waals surface area contributed by atoms with Crippen LogP contribution >= 0.6 is 0 Å². The molecule has 1 N–H and O–H groups in total. The Morgan fingerprint density at radius 2 is 2.33 bits per heavy atom. The molecule has 0 saturated carbocycles. The molecule has 1 aromatic heterocycles. The highest BCUT2D eigenvalue weighted by Crippen LogP contribution is 2.28. The number of aryl methyl sites for hydroxylation is 1. The highest BCUT2D eigenvalue weighted by Gasteiger charge is 2.22. The van der Waals surface area contributed by atoms with Gasteiger partial charge in [0.05, 0.1) is 12.9 Å². The molecule has 0 bridgehead atoms. The molecule has 0 spiro atoms. The van der Waals surface area contributed by atoms with E-state index in [1.54, 1.807) is 6.26 Å². The van der Waals surface area contributed by atoms with Crippen LogP contribution in [0.4, 0.5) is 0 Å². The predicted molar refractivity (Wildman–Crippen MR) is 58.5 cm³/mol. The van der Waals surface area contributed by atoms with Crippen molar-refractivity contribution in [2.75, 3.05) is 13.7 Å². The van der Waals surface area contributed by atoms with Gasteiger partial charge in [0.15, 0.2) is 0 Å². The molecule has 1 aromatic rings. The lowest BCUT2D eigenvalue weighted by molar-refractivity contribution is 0.163. The Morgan fingerprint density at radius 3 is 2.87 bits per heavy atom. The highest BCUT2D eigenvalue weighted by molar-refractivity contribution is 5.25. The SMILES string of the molecule is CNC(C1=CCCCO1)c1occc1C. The minimum atomic E-state index is 0.0558. The summed E-state index contributed by atoms with van der Waals surface area (Å²) in [6, 6.07) is 2.03. The minimum absolute atomic E-state index is 0.0558. The first-order valence-corrected chi connectivity index (χ1v) is 5.37. The fraction of sp³-hybridized carbons (Fsp3) is 0.500. The van der Waals surface area contributed by atoms with Crippen molar-refractivity contribution in [3.63, 3.8) is 0 Å². The Bertz CT molecular complexity index is 354. The second-order valence-corrected chi connectivity index (χ2v) is 3.79. The molecular weight excluding hydrogens is 190 g/mol. The van der Waals surface area contributed by atoms with Crippen LogP contribution in [0.25, 0.3) is 0 Å². The minimum Gasteiger partial charge on any atom is -0.496 e. The van der Waals surface area contributed by atoms with Gasteiger partial charge in [-0.3, -0.25) is 0 Å². The summed E-state index contributed by atoms with van der Waals surface area (Å²) in [5.41, 5.74) is 1.16. The fourth-order valence-corrected chi connectivity index (χ4v) is 1.86. The molecule has 2 heterocycles. The molecule has 0 amide bonds. The molecule has 1 aliphatic heterocycles. The van der Waals surface area contributed by atoms with Gasteiger partial charge in [0.2, 0.25) is 0 Å². The maximum Gasteiger partial charge on any atom is 0.131 e. The fourth-order valence-electron chi connectivity index (χ4n) is 1.86. The Labute approximate surface area is 90.1 Å². The van der Waals surface area contributed by atoms with Crippen LogP contribution in [0.5, 0.6) is 0 Å².